The molecule has 0 aliphatic rings. The number of anilines is 1. The van der Waals surface area contributed by atoms with Crippen LogP contribution in [0.4, 0.5) is 10.1 Å². The number of rotatable bonds is 4. The zero-order chi connectivity index (χ0) is 18.8. The van der Waals surface area contributed by atoms with Gasteiger partial charge in [0, 0.05) is 37.8 Å². The second-order valence-corrected chi connectivity index (χ2v) is 6.46. The molecule has 0 saturated carbocycles. The fraction of sp³-hybridized carbons (Fsp3) is 0.250. The number of fused-ring (bicyclic) bond motifs is 1. The molecule has 3 rings (SSSR count). The number of para-hydroxylation sites is 1. The highest BCUT2D eigenvalue weighted by Gasteiger charge is 2.16. The van der Waals surface area contributed by atoms with Crippen molar-refractivity contribution in [2.75, 3.05) is 26.0 Å². The van der Waals surface area contributed by atoms with Crippen molar-refractivity contribution in [3.05, 3.63) is 65.4 Å². The van der Waals surface area contributed by atoms with Gasteiger partial charge >= 0.3 is 0 Å². The van der Waals surface area contributed by atoms with E-state index in [2.05, 4.69) is 9.97 Å². The molecule has 0 radical (unpaired) electrons. The SMILES string of the molecule is Cc1nc(CN(C)C(=O)c2ccc(N(C)C)c(F)c2)nc2ccccc12. The predicted molar refractivity (Wildman–Crippen MR) is 101 cm³/mol. The summed E-state index contributed by atoms with van der Waals surface area (Å²) in [6.07, 6.45) is 0. The average Bonchev–Trinajstić information content (AvgIpc) is 2.60. The number of aromatic nitrogens is 2. The maximum atomic E-state index is 14.1. The number of carbonyl (C=O) groups is 1. The topological polar surface area (TPSA) is 49.3 Å². The van der Waals surface area contributed by atoms with E-state index in [0.717, 1.165) is 16.6 Å². The van der Waals surface area contributed by atoms with Gasteiger partial charge in [-0.2, -0.15) is 0 Å². The number of amides is 1. The molecule has 0 N–H and O–H groups in total. The van der Waals surface area contributed by atoms with Crippen LogP contribution in [0, 0.1) is 12.7 Å². The summed E-state index contributed by atoms with van der Waals surface area (Å²) in [5.74, 6) is -0.141. The third kappa shape index (κ3) is 3.49. The van der Waals surface area contributed by atoms with E-state index in [9.17, 15) is 9.18 Å². The molecule has 0 atom stereocenters. The van der Waals surface area contributed by atoms with E-state index in [1.165, 1.54) is 11.0 Å². The third-order valence-electron chi connectivity index (χ3n) is 4.24. The molecule has 0 aliphatic carbocycles. The van der Waals surface area contributed by atoms with Crippen molar-refractivity contribution in [1.29, 1.82) is 0 Å². The lowest BCUT2D eigenvalue weighted by Gasteiger charge is -2.18. The average molecular weight is 352 g/mol. The normalized spacial score (nSPS) is 10.8. The van der Waals surface area contributed by atoms with Gasteiger partial charge in [-0.1, -0.05) is 18.2 Å². The van der Waals surface area contributed by atoms with Gasteiger partial charge in [0.15, 0.2) is 0 Å². The second kappa shape index (κ2) is 7.07. The number of carbonyl (C=O) groups excluding carboxylic acids is 1. The van der Waals surface area contributed by atoms with E-state index < -0.39 is 5.82 Å². The van der Waals surface area contributed by atoms with Crippen molar-refractivity contribution in [1.82, 2.24) is 14.9 Å². The number of nitrogens with zero attached hydrogens (tertiary/aromatic N) is 4. The number of benzene rings is 2. The van der Waals surface area contributed by atoms with Gasteiger partial charge < -0.3 is 9.80 Å². The van der Waals surface area contributed by atoms with Gasteiger partial charge in [0.2, 0.25) is 0 Å². The van der Waals surface area contributed by atoms with Gasteiger partial charge in [-0.3, -0.25) is 4.79 Å². The molecule has 0 saturated heterocycles. The molecule has 3 aromatic rings. The summed E-state index contributed by atoms with van der Waals surface area (Å²) < 4.78 is 14.1. The van der Waals surface area contributed by atoms with Crippen LogP contribution < -0.4 is 4.90 Å². The Labute approximate surface area is 152 Å². The van der Waals surface area contributed by atoms with Gasteiger partial charge in [0.1, 0.15) is 11.6 Å². The highest BCUT2D eigenvalue weighted by Crippen LogP contribution is 2.20. The zero-order valence-electron chi connectivity index (χ0n) is 15.3. The predicted octanol–water partition coefficient (Wildman–Crippen LogP) is 3.42. The van der Waals surface area contributed by atoms with Crippen LogP contribution in [0.1, 0.15) is 21.9 Å². The molecule has 0 fully saturated rings. The molecule has 26 heavy (non-hydrogen) atoms. The van der Waals surface area contributed by atoms with E-state index in [-0.39, 0.29) is 12.5 Å². The Bertz CT molecular complexity index is 971. The quantitative estimate of drug-likeness (QED) is 0.722. The molecule has 2 aromatic carbocycles. The first kappa shape index (κ1) is 17.8. The molecule has 1 heterocycles. The summed E-state index contributed by atoms with van der Waals surface area (Å²) in [5.41, 5.74) is 2.45. The van der Waals surface area contributed by atoms with E-state index in [0.29, 0.717) is 17.1 Å². The highest BCUT2D eigenvalue weighted by molar-refractivity contribution is 5.94. The minimum atomic E-state index is -0.424. The van der Waals surface area contributed by atoms with Crippen molar-refractivity contribution < 1.29 is 9.18 Å². The summed E-state index contributed by atoms with van der Waals surface area (Å²) in [7, 11) is 5.17. The number of hydrogen-bond acceptors (Lipinski definition) is 4. The second-order valence-electron chi connectivity index (χ2n) is 6.46. The lowest BCUT2D eigenvalue weighted by molar-refractivity contribution is 0.0781. The van der Waals surface area contributed by atoms with Crippen LogP contribution in [-0.2, 0) is 6.54 Å². The summed E-state index contributed by atoms with van der Waals surface area (Å²) in [4.78, 5) is 24.8. The maximum absolute atomic E-state index is 14.1. The molecule has 0 unspecified atom stereocenters. The standard InChI is InChI=1S/C20H21FN4O/c1-13-15-7-5-6-8-17(15)23-19(22-13)12-25(4)20(26)14-9-10-18(24(2)3)16(21)11-14/h5-11H,12H2,1-4H3. The van der Waals surface area contributed by atoms with Crippen LogP contribution in [0.25, 0.3) is 10.9 Å². The van der Waals surface area contributed by atoms with Crippen LogP contribution >= 0.6 is 0 Å². The summed E-state index contributed by atoms with van der Waals surface area (Å²) in [5, 5.41) is 0.992. The highest BCUT2D eigenvalue weighted by atomic mass is 19.1. The fourth-order valence-electron chi connectivity index (χ4n) is 2.87. The first-order chi connectivity index (χ1) is 12.4. The Morgan fingerprint density at radius 3 is 2.50 bits per heavy atom. The van der Waals surface area contributed by atoms with Crippen molar-refractivity contribution in [3.63, 3.8) is 0 Å². The smallest absolute Gasteiger partial charge is 0.254 e. The molecule has 1 amide bonds. The van der Waals surface area contributed by atoms with Crippen LogP contribution in [0.2, 0.25) is 0 Å². The van der Waals surface area contributed by atoms with Crippen LogP contribution in [0.15, 0.2) is 42.5 Å². The molecule has 134 valence electrons. The first-order valence-corrected chi connectivity index (χ1v) is 8.31. The minimum Gasteiger partial charge on any atom is -0.375 e. The molecule has 5 nitrogen and oxygen atoms in total. The fourth-order valence-corrected chi connectivity index (χ4v) is 2.87. The Kier molecular flexibility index (Phi) is 4.84. The van der Waals surface area contributed by atoms with Crippen LogP contribution in [0.3, 0.4) is 0 Å². The van der Waals surface area contributed by atoms with Gasteiger partial charge in [0.05, 0.1) is 17.7 Å². The van der Waals surface area contributed by atoms with Gasteiger partial charge in [-0.25, -0.2) is 14.4 Å². The van der Waals surface area contributed by atoms with E-state index >= 15 is 0 Å². The number of aryl methyl sites for hydroxylation is 1. The molecular formula is C20H21FN4O. The Morgan fingerprint density at radius 2 is 1.81 bits per heavy atom. The molecule has 0 spiro atoms. The van der Waals surface area contributed by atoms with E-state index in [1.807, 2.05) is 31.2 Å². The lowest BCUT2D eigenvalue weighted by atomic mass is 10.1. The molecule has 0 bridgehead atoms. The third-order valence-corrected chi connectivity index (χ3v) is 4.24. The molecule has 1 aromatic heterocycles. The van der Waals surface area contributed by atoms with Crippen LogP contribution in [-0.4, -0.2) is 41.9 Å². The van der Waals surface area contributed by atoms with Gasteiger partial charge in [-0.15, -0.1) is 0 Å². The monoisotopic (exact) mass is 352 g/mol. The minimum absolute atomic E-state index is 0.252. The first-order valence-electron chi connectivity index (χ1n) is 8.31. The zero-order valence-corrected chi connectivity index (χ0v) is 15.3. The number of hydrogen-bond donors (Lipinski definition) is 0. The molecule has 0 aliphatic heterocycles. The summed E-state index contributed by atoms with van der Waals surface area (Å²) >= 11 is 0. The Hall–Kier alpha value is -3.02. The van der Waals surface area contributed by atoms with Gasteiger partial charge in [-0.05, 0) is 31.2 Å². The van der Waals surface area contributed by atoms with Gasteiger partial charge in [0.25, 0.3) is 5.91 Å². The van der Waals surface area contributed by atoms with E-state index in [1.54, 1.807) is 38.2 Å². The van der Waals surface area contributed by atoms with Crippen molar-refractivity contribution in [3.8, 4) is 0 Å². The maximum Gasteiger partial charge on any atom is 0.254 e. The lowest BCUT2D eigenvalue weighted by Crippen LogP contribution is -2.27. The largest absolute Gasteiger partial charge is 0.375 e. The summed E-state index contributed by atoms with van der Waals surface area (Å²) in [6, 6.07) is 12.3. The van der Waals surface area contributed by atoms with Crippen molar-refractivity contribution in [2.45, 2.75) is 13.5 Å². The van der Waals surface area contributed by atoms with E-state index in [4.69, 9.17) is 0 Å². The van der Waals surface area contributed by atoms with Crippen molar-refractivity contribution in [2.24, 2.45) is 0 Å². The Balaban J connectivity index is 1.82. The molecule has 6 heteroatoms. The van der Waals surface area contributed by atoms with Crippen molar-refractivity contribution >= 4 is 22.5 Å². The Morgan fingerprint density at radius 1 is 1.08 bits per heavy atom. The van der Waals surface area contributed by atoms with Crippen LogP contribution in [0.5, 0.6) is 0 Å². The molecular weight excluding hydrogens is 331 g/mol. The summed E-state index contributed by atoms with van der Waals surface area (Å²) in [6.45, 7) is 2.17. The number of halogens is 1.